The van der Waals surface area contributed by atoms with Crippen molar-refractivity contribution in [2.24, 2.45) is 0 Å². The summed E-state index contributed by atoms with van der Waals surface area (Å²) < 4.78 is 0. The van der Waals surface area contributed by atoms with Gasteiger partial charge in [-0.15, -0.1) is 0 Å². The maximum absolute atomic E-state index is 5.93. The molecule has 0 radical (unpaired) electrons. The van der Waals surface area contributed by atoms with Gasteiger partial charge in [-0.05, 0) is 25.2 Å². The monoisotopic (exact) mass is 255 g/mol. The first kappa shape index (κ1) is 11.5. The molecule has 1 heterocycles. The third-order valence-corrected chi connectivity index (χ3v) is 2.57. The fraction of sp³-hybridized carbons (Fsp3) is 0.182. The Morgan fingerprint density at radius 1 is 1.25 bits per heavy atom. The molecule has 0 bridgehead atoms. The molecule has 0 amide bonds. The SMILES string of the molecule is CNCc1cnc(-c2cc(Cl)cc(Cl)c2)[nH]1. The number of nitrogens with zero attached hydrogens (tertiary/aromatic N) is 1. The van der Waals surface area contributed by atoms with E-state index in [9.17, 15) is 0 Å². The first-order valence-corrected chi connectivity index (χ1v) is 5.59. The van der Waals surface area contributed by atoms with Gasteiger partial charge in [-0.2, -0.15) is 0 Å². The van der Waals surface area contributed by atoms with E-state index in [0.717, 1.165) is 23.6 Å². The van der Waals surface area contributed by atoms with Gasteiger partial charge in [0.05, 0.1) is 0 Å². The van der Waals surface area contributed by atoms with Crippen LogP contribution in [0.3, 0.4) is 0 Å². The number of hydrogen-bond acceptors (Lipinski definition) is 2. The van der Waals surface area contributed by atoms with E-state index in [1.807, 2.05) is 19.2 Å². The molecule has 16 heavy (non-hydrogen) atoms. The summed E-state index contributed by atoms with van der Waals surface area (Å²) in [5.74, 6) is 0.773. The van der Waals surface area contributed by atoms with Gasteiger partial charge in [0, 0.05) is 34.0 Å². The summed E-state index contributed by atoms with van der Waals surface area (Å²) in [6.45, 7) is 0.751. The van der Waals surface area contributed by atoms with Crippen LogP contribution in [0.15, 0.2) is 24.4 Å². The molecule has 3 nitrogen and oxygen atoms in total. The Hall–Kier alpha value is -1.03. The Morgan fingerprint density at radius 2 is 1.94 bits per heavy atom. The standard InChI is InChI=1S/C11H11Cl2N3/c1-14-5-10-6-15-11(16-10)7-2-8(12)4-9(13)3-7/h2-4,6,14H,5H2,1H3,(H,15,16). The number of benzene rings is 1. The second-order valence-electron chi connectivity index (χ2n) is 3.45. The molecule has 2 N–H and O–H groups in total. The first-order valence-electron chi connectivity index (χ1n) is 4.84. The number of aromatic amines is 1. The number of hydrogen-bond donors (Lipinski definition) is 2. The largest absolute Gasteiger partial charge is 0.341 e. The number of aromatic nitrogens is 2. The van der Waals surface area contributed by atoms with E-state index in [1.165, 1.54) is 0 Å². The minimum atomic E-state index is 0.606. The Kier molecular flexibility index (Phi) is 3.49. The summed E-state index contributed by atoms with van der Waals surface area (Å²) in [6.07, 6.45) is 1.79. The maximum atomic E-state index is 5.93. The van der Waals surface area contributed by atoms with Crippen LogP contribution in [-0.4, -0.2) is 17.0 Å². The summed E-state index contributed by atoms with van der Waals surface area (Å²) in [5, 5.41) is 4.26. The van der Waals surface area contributed by atoms with Crippen LogP contribution >= 0.6 is 23.2 Å². The molecular formula is C11H11Cl2N3. The van der Waals surface area contributed by atoms with Crippen molar-refractivity contribution < 1.29 is 0 Å². The second kappa shape index (κ2) is 4.87. The predicted octanol–water partition coefficient (Wildman–Crippen LogP) is 3.10. The molecule has 0 atom stereocenters. The highest BCUT2D eigenvalue weighted by atomic mass is 35.5. The zero-order chi connectivity index (χ0) is 11.5. The molecule has 1 aromatic heterocycles. The van der Waals surface area contributed by atoms with Gasteiger partial charge in [-0.25, -0.2) is 4.98 Å². The molecule has 5 heteroatoms. The minimum Gasteiger partial charge on any atom is -0.341 e. The van der Waals surface area contributed by atoms with Crippen molar-refractivity contribution in [1.82, 2.24) is 15.3 Å². The summed E-state index contributed by atoms with van der Waals surface area (Å²) in [7, 11) is 1.89. The van der Waals surface area contributed by atoms with Crippen molar-refractivity contribution in [2.75, 3.05) is 7.05 Å². The number of halogens is 2. The lowest BCUT2D eigenvalue weighted by Gasteiger charge is -1.99. The zero-order valence-electron chi connectivity index (χ0n) is 8.72. The quantitative estimate of drug-likeness (QED) is 0.885. The van der Waals surface area contributed by atoms with Crippen molar-refractivity contribution in [3.8, 4) is 11.4 Å². The van der Waals surface area contributed by atoms with Gasteiger partial charge < -0.3 is 10.3 Å². The lowest BCUT2D eigenvalue weighted by Crippen LogP contribution is -2.04. The fourth-order valence-corrected chi connectivity index (χ4v) is 2.00. The highest BCUT2D eigenvalue weighted by Gasteiger charge is 2.05. The molecule has 84 valence electrons. The van der Waals surface area contributed by atoms with E-state index in [4.69, 9.17) is 23.2 Å². The summed E-state index contributed by atoms with van der Waals surface area (Å²) in [6, 6.07) is 5.36. The van der Waals surface area contributed by atoms with Crippen LogP contribution in [0.4, 0.5) is 0 Å². The van der Waals surface area contributed by atoms with Crippen LogP contribution in [0, 0.1) is 0 Å². The molecule has 0 spiro atoms. The summed E-state index contributed by atoms with van der Waals surface area (Å²) in [4.78, 5) is 7.47. The lowest BCUT2D eigenvalue weighted by molar-refractivity contribution is 0.797. The minimum absolute atomic E-state index is 0.606. The molecule has 0 saturated heterocycles. The molecule has 2 rings (SSSR count). The van der Waals surface area contributed by atoms with E-state index in [0.29, 0.717) is 10.0 Å². The van der Waals surface area contributed by atoms with Gasteiger partial charge in [0.15, 0.2) is 0 Å². The Labute approximate surface area is 104 Å². The van der Waals surface area contributed by atoms with Gasteiger partial charge in [-0.3, -0.25) is 0 Å². The smallest absolute Gasteiger partial charge is 0.137 e. The average Bonchev–Trinajstić information content (AvgIpc) is 2.65. The molecule has 1 aromatic carbocycles. The highest BCUT2D eigenvalue weighted by Crippen LogP contribution is 2.25. The molecule has 0 saturated carbocycles. The topological polar surface area (TPSA) is 40.7 Å². The van der Waals surface area contributed by atoms with Crippen molar-refractivity contribution in [1.29, 1.82) is 0 Å². The molecule has 0 unspecified atom stereocenters. The van der Waals surface area contributed by atoms with Crippen LogP contribution in [-0.2, 0) is 6.54 Å². The number of rotatable bonds is 3. The van der Waals surface area contributed by atoms with Gasteiger partial charge in [0.1, 0.15) is 5.82 Å². The van der Waals surface area contributed by atoms with Gasteiger partial charge in [-0.1, -0.05) is 23.2 Å². The van der Waals surface area contributed by atoms with E-state index in [1.54, 1.807) is 12.3 Å². The maximum Gasteiger partial charge on any atom is 0.137 e. The van der Waals surface area contributed by atoms with Crippen LogP contribution in [0.25, 0.3) is 11.4 Å². The normalized spacial score (nSPS) is 10.7. The van der Waals surface area contributed by atoms with Gasteiger partial charge >= 0.3 is 0 Å². The predicted molar refractivity (Wildman–Crippen MR) is 66.8 cm³/mol. The number of nitrogens with one attached hydrogen (secondary N) is 2. The van der Waals surface area contributed by atoms with E-state index >= 15 is 0 Å². The van der Waals surface area contributed by atoms with Crippen molar-refractivity contribution in [3.05, 3.63) is 40.1 Å². The third-order valence-electron chi connectivity index (χ3n) is 2.13. The van der Waals surface area contributed by atoms with Crippen LogP contribution in [0.5, 0.6) is 0 Å². The van der Waals surface area contributed by atoms with E-state index in [2.05, 4.69) is 15.3 Å². The Balaban J connectivity index is 2.34. The van der Waals surface area contributed by atoms with Crippen LogP contribution in [0.1, 0.15) is 5.69 Å². The van der Waals surface area contributed by atoms with Crippen molar-refractivity contribution in [3.63, 3.8) is 0 Å². The van der Waals surface area contributed by atoms with Crippen molar-refractivity contribution >= 4 is 23.2 Å². The van der Waals surface area contributed by atoms with Gasteiger partial charge in [0.25, 0.3) is 0 Å². The first-order chi connectivity index (χ1) is 7.69. The lowest BCUT2D eigenvalue weighted by atomic mass is 10.2. The third kappa shape index (κ3) is 2.55. The Morgan fingerprint density at radius 3 is 2.56 bits per heavy atom. The van der Waals surface area contributed by atoms with E-state index in [-0.39, 0.29) is 0 Å². The van der Waals surface area contributed by atoms with Gasteiger partial charge in [0.2, 0.25) is 0 Å². The highest BCUT2D eigenvalue weighted by molar-refractivity contribution is 6.35. The zero-order valence-corrected chi connectivity index (χ0v) is 10.2. The average molecular weight is 256 g/mol. The van der Waals surface area contributed by atoms with E-state index < -0.39 is 0 Å². The molecule has 0 aliphatic carbocycles. The molecule has 0 aliphatic heterocycles. The van der Waals surface area contributed by atoms with Crippen LogP contribution in [0.2, 0.25) is 10.0 Å². The fourth-order valence-electron chi connectivity index (χ4n) is 1.48. The molecule has 0 fully saturated rings. The second-order valence-corrected chi connectivity index (χ2v) is 4.32. The molecule has 2 aromatic rings. The van der Waals surface area contributed by atoms with Crippen LogP contribution < -0.4 is 5.32 Å². The van der Waals surface area contributed by atoms with Crippen molar-refractivity contribution in [2.45, 2.75) is 6.54 Å². The molecule has 0 aliphatic rings. The summed E-state index contributed by atoms with van der Waals surface area (Å²) in [5.41, 5.74) is 1.91. The summed E-state index contributed by atoms with van der Waals surface area (Å²) >= 11 is 11.9. The number of imidazole rings is 1. The number of H-pyrrole nitrogens is 1. The molecular weight excluding hydrogens is 245 g/mol. The Bertz CT molecular complexity index is 473.